The average Bonchev–Trinajstić information content (AvgIpc) is 2.85. The Kier molecular flexibility index (Phi) is 4.46. The molecule has 0 unspecified atom stereocenters. The van der Waals surface area contributed by atoms with Gasteiger partial charge in [0, 0.05) is 26.0 Å². The van der Waals surface area contributed by atoms with Crippen LogP contribution >= 0.6 is 0 Å². The molecule has 0 amide bonds. The van der Waals surface area contributed by atoms with Crippen LogP contribution in [0.5, 0.6) is 0 Å². The molecule has 0 bridgehead atoms. The van der Waals surface area contributed by atoms with Gasteiger partial charge in [-0.1, -0.05) is 25.1 Å². The normalized spacial score (nSPS) is 11.5. The number of aryl methyl sites for hydroxylation is 1. The molecule has 0 aliphatic heterocycles. The first-order valence-electron chi connectivity index (χ1n) is 6.46. The van der Waals surface area contributed by atoms with E-state index in [-0.39, 0.29) is 4.90 Å². The zero-order chi connectivity index (χ0) is 14.6. The van der Waals surface area contributed by atoms with Crippen LogP contribution in [0.2, 0.25) is 0 Å². The molecule has 0 fully saturated rings. The van der Waals surface area contributed by atoms with E-state index in [9.17, 15) is 8.42 Å². The average molecular weight is 293 g/mol. The highest BCUT2D eigenvalue weighted by Gasteiger charge is 2.16. The van der Waals surface area contributed by atoms with Crippen molar-refractivity contribution in [1.82, 2.24) is 9.88 Å². The number of nitrogens with one attached hydrogen (secondary N) is 2. The highest BCUT2D eigenvalue weighted by atomic mass is 32.2. The maximum Gasteiger partial charge on any atom is 0.263 e. The lowest BCUT2D eigenvalue weighted by molar-refractivity contribution is 0.601. The Morgan fingerprint density at radius 1 is 1.20 bits per heavy atom. The summed E-state index contributed by atoms with van der Waals surface area (Å²) in [5.74, 6) is 0. The van der Waals surface area contributed by atoms with E-state index < -0.39 is 10.0 Å². The van der Waals surface area contributed by atoms with Crippen LogP contribution in [-0.4, -0.2) is 19.5 Å². The van der Waals surface area contributed by atoms with E-state index in [0.29, 0.717) is 12.2 Å². The number of aromatic nitrogens is 1. The van der Waals surface area contributed by atoms with Gasteiger partial charge in [0.25, 0.3) is 10.0 Å². The fourth-order valence-electron chi connectivity index (χ4n) is 1.87. The summed E-state index contributed by atoms with van der Waals surface area (Å²) in [6.07, 6.45) is 3.29. The Balaban J connectivity index is 2.25. The molecule has 0 aliphatic carbocycles. The number of sulfonamides is 1. The molecule has 0 saturated carbocycles. The van der Waals surface area contributed by atoms with Gasteiger partial charge in [0.2, 0.25) is 0 Å². The molecule has 2 rings (SSSR count). The van der Waals surface area contributed by atoms with Crippen molar-refractivity contribution in [2.75, 3.05) is 11.3 Å². The number of rotatable bonds is 6. The molecule has 0 spiro atoms. The number of benzene rings is 1. The van der Waals surface area contributed by atoms with E-state index in [2.05, 4.69) is 10.0 Å². The molecule has 0 saturated heterocycles. The van der Waals surface area contributed by atoms with Crippen molar-refractivity contribution < 1.29 is 8.42 Å². The Morgan fingerprint density at radius 2 is 1.95 bits per heavy atom. The van der Waals surface area contributed by atoms with E-state index in [4.69, 9.17) is 0 Å². The molecule has 2 aromatic rings. The summed E-state index contributed by atoms with van der Waals surface area (Å²) >= 11 is 0. The van der Waals surface area contributed by atoms with Gasteiger partial charge in [-0.3, -0.25) is 4.72 Å². The Hall–Kier alpha value is -1.79. The van der Waals surface area contributed by atoms with Gasteiger partial charge in [0.1, 0.15) is 4.90 Å². The fourth-order valence-corrected chi connectivity index (χ4v) is 3.03. The topological polar surface area (TPSA) is 63.1 Å². The third kappa shape index (κ3) is 3.40. The van der Waals surface area contributed by atoms with E-state index in [0.717, 1.165) is 12.1 Å². The molecule has 1 aromatic heterocycles. The van der Waals surface area contributed by atoms with Gasteiger partial charge in [-0.15, -0.1) is 0 Å². The summed E-state index contributed by atoms with van der Waals surface area (Å²) in [5, 5.41) is 3.20. The first-order valence-corrected chi connectivity index (χ1v) is 7.94. The smallest absolute Gasteiger partial charge is 0.263 e. The highest BCUT2D eigenvalue weighted by molar-refractivity contribution is 7.92. The zero-order valence-electron chi connectivity index (χ0n) is 11.6. The summed E-state index contributed by atoms with van der Waals surface area (Å²) < 4.78 is 28.9. The predicted molar refractivity (Wildman–Crippen MR) is 80.0 cm³/mol. The summed E-state index contributed by atoms with van der Waals surface area (Å²) in [5.41, 5.74) is 1.53. The van der Waals surface area contributed by atoms with Crippen LogP contribution in [0.15, 0.2) is 47.6 Å². The molecule has 1 heterocycles. The minimum Gasteiger partial charge on any atom is -0.356 e. The molecule has 6 heteroatoms. The molecule has 0 radical (unpaired) electrons. The van der Waals surface area contributed by atoms with Crippen LogP contribution in [0.1, 0.15) is 12.5 Å². The lowest BCUT2D eigenvalue weighted by Gasteiger charge is -2.12. The molecule has 5 nitrogen and oxygen atoms in total. The van der Waals surface area contributed by atoms with Gasteiger partial charge in [0.05, 0.1) is 5.69 Å². The van der Waals surface area contributed by atoms with Crippen molar-refractivity contribution in [2.24, 2.45) is 7.05 Å². The Morgan fingerprint density at radius 3 is 2.60 bits per heavy atom. The lowest BCUT2D eigenvalue weighted by Crippen LogP contribution is -2.17. The quantitative estimate of drug-likeness (QED) is 0.855. The lowest BCUT2D eigenvalue weighted by atomic mass is 10.2. The van der Waals surface area contributed by atoms with Gasteiger partial charge in [-0.2, -0.15) is 0 Å². The van der Waals surface area contributed by atoms with Crippen molar-refractivity contribution in [3.05, 3.63) is 48.3 Å². The van der Waals surface area contributed by atoms with Gasteiger partial charge in [-0.25, -0.2) is 8.42 Å². The third-order valence-electron chi connectivity index (χ3n) is 2.94. The SMILES string of the molecule is CCNCc1ccccc1NS(=O)(=O)c1ccn(C)c1. The number of hydrogen-bond donors (Lipinski definition) is 2. The van der Waals surface area contributed by atoms with Gasteiger partial charge in [0.15, 0.2) is 0 Å². The second kappa shape index (κ2) is 6.11. The van der Waals surface area contributed by atoms with Crippen LogP contribution in [-0.2, 0) is 23.6 Å². The molecule has 0 atom stereocenters. The summed E-state index contributed by atoms with van der Waals surface area (Å²) in [6.45, 7) is 3.47. The largest absolute Gasteiger partial charge is 0.356 e. The van der Waals surface area contributed by atoms with Crippen LogP contribution in [0.3, 0.4) is 0 Å². The monoisotopic (exact) mass is 293 g/mol. The summed E-state index contributed by atoms with van der Waals surface area (Å²) in [6, 6.07) is 8.97. The number of para-hydroxylation sites is 1. The maximum atomic E-state index is 12.3. The van der Waals surface area contributed by atoms with Crippen LogP contribution in [0, 0.1) is 0 Å². The number of hydrogen-bond acceptors (Lipinski definition) is 3. The molecule has 20 heavy (non-hydrogen) atoms. The first-order chi connectivity index (χ1) is 9.53. The minimum atomic E-state index is -3.54. The van der Waals surface area contributed by atoms with E-state index >= 15 is 0 Å². The number of nitrogens with zero attached hydrogens (tertiary/aromatic N) is 1. The predicted octanol–water partition coefficient (Wildman–Crippen LogP) is 1.94. The van der Waals surface area contributed by atoms with E-state index in [1.165, 1.54) is 0 Å². The van der Waals surface area contributed by atoms with Crippen molar-refractivity contribution in [2.45, 2.75) is 18.4 Å². The van der Waals surface area contributed by atoms with Gasteiger partial charge in [-0.05, 0) is 24.2 Å². The van der Waals surface area contributed by atoms with Crippen molar-refractivity contribution in [3.63, 3.8) is 0 Å². The third-order valence-corrected chi connectivity index (χ3v) is 4.29. The second-order valence-electron chi connectivity index (χ2n) is 4.56. The Bertz CT molecular complexity index is 677. The first kappa shape index (κ1) is 14.6. The Labute approximate surface area is 119 Å². The van der Waals surface area contributed by atoms with Gasteiger partial charge < -0.3 is 9.88 Å². The van der Waals surface area contributed by atoms with Crippen LogP contribution < -0.4 is 10.0 Å². The van der Waals surface area contributed by atoms with Crippen molar-refractivity contribution in [1.29, 1.82) is 0 Å². The van der Waals surface area contributed by atoms with Crippen LogP contribution in [0.25, 0.3) is 0 Å². The van der Waals surface area contributed by atoms with E-state index in [1.807, 2.05) is 25.1 Å². The van der Waals surface area contributed by atoms with Crippen molar-refractivity contribution >= 4 is 15.7 Å². The molecular formula is C14H19N3O2S. The molecule has 2 N–H and O–H groups in total. The second-order valence-corrected chi connectivity index (χ2v) is 6.24. The molecule has 1 aromatic carbocycles. The molecule has 0 aliphatic rings. The zero-order valence-corrected chi connectivity index (χ0v) is 12.4. The number of anilines is 1. The standard InChI is InChI=1S/C14H19N3O2S/c1-3-15-10-12-6-4-5-7-14(12)16-20(18,19)13-8-9-17(2)11-13/h4-9,11,15-16H,3,10H2,1-2H3. The molecule has 108 valence electrons. The maximum absolute atomic E-state index is 12.3. The van der Waals surface area contributed by atoms with E-state index in [1.54, 1.807) is 36.1 Å². The molecular weight excluding hydrogens is 274 g/mol. The van der Waals surface area contributed by atoms with Crippen molar-refractivity contribution in [3.8, 4) is 0 Å². The van der Waals surface area contributed by atoms with Gasteiger partial charge >= 0.3 is 0 Å². The summed E-state index contributed by atoms with van der Waals surface area (Å²) in [4.78, 5) is 0.262. The summed E-state index contributed by atoms with van der Waals surface area (Å²) in [7, 11) is -1.75. The minimum absolute atomic E-state index is 0.262. The fraction of sp³-hybridized carbons (Fsp3) is 0.286. The van der Waals surface area contributed by atoms with Crippen LogP contribution in [0.4, 0.5) is 5.69 Å². The highest BCUT2D eigenvalue weighted by Crippen LogP contribution is 2.20.